The van der Waals surface area contributed by atoms with Gasteiger partial charge in [0.1, 0.15) is 4.83 Å². The highest BCUT2D eigenvalue weighted by molar-refractivity contribution is 7.18. The van der Waals surface area contributed by atoms with Gasteiger partial charge in [-0.25, -0.2) is 4.98 Å². The number of aryl methyl sites for hydroxylation is 1. The van der Waals surface area contributed by atoms with Crippen molar-refractivity contribution in [1.82, 2.24) is 9.55 Å². The maximum Gasteiger partial charge on any atom is 0.263 e. The molecule has 1 atom stereocenters. The van der Waals surface area contributed by atoms with Crippen LogP contribution in [0.25, 0.3) is 10.2 Å². The summed E-state index contributed by atoms with van der Waals surface area (Å²) in [6, 6.07) is 0. The average Bonchev–Trinajstić information content (AvgIpc) is 2.78. The van der Waals surface area contributed by atoms with Gasteiger partial charge in [-0.3, -0.25) is 9.36 Å². The molecule has 1 unspecified atom stereocenters. The average molecular weight is 292 g/mol. The van der Waals surface area contributed by atoms with Gasteiger partial charge in [-0.2, -0.15) is 0 Å². The van der Waals surface area contributed by atoms with Gasteiger partial charge in [-0.15, -0.1) is 11.3 Å². The van der Waals surface area contributed by atoms with Crippen molar-refractivity contribution in [3.05, 3.63) is 20.8 Å². The molecule has 0 aliphatic heterocycles. The van der Waals surface area contributed by atoms with Gasteiger partial charge in [-0.1, -0.05) is 6.92 Å². The molecule has 0 radical (unpaired) electrons. The van der Waals surface area contributed by atoms with Crippen LogP contribution in [0, 0.1) is 5.92 Å². The lowest BCUT2D eigenvalue weighted by atomic mass is 9.89. The fraction of sp³-hybridized carbons (Fsp3) is 0.571. The number of anilines is 1. The van der Waals surface area contributed by atoms with E-state index in [1.54, 1.807) is 23.0 Å². The first-order chi connectivity index (χ1) is 9.61. The largest absolute Gasteiger partial charge is 0.354 e. The normalized spacial score (nSPS) is 18.2. The number of hydrogen-bond acceptors (Lipinski definition) is 5. The van der Waals surface area contributed by atoms with Crippen molar-refractivity contribution in [2.45, 2.75) is 26.2 Å². The predicted molar refractivity (Wildman–Crippen MR) is 83.6 cm³/mol. The predicted octanol–water partition coefficient (Wildman–Crippen LogP) is 1.49. The molecule has 3 rings (SSSR count). The number of rotatable bonds is 3. The maximum absolute atomic E-state index is 12.6. The van der Waals surface area contributed by atoms with E-state index in [9.17, 15) is 4.79 Å². The zero-order valence-electron chi connectivity index (χ0n) is 11.9. The van der Waals surface area contributed by atoms with Crippen molar-refractivity contribution < 1.29 is 0 Å². The minimum absolute atomic E-state index is 0.0570. The standard InChI is InChI=1S/C14H20N4OS/c1-8-3-4-9-10(7-8)20-12-11(9)13(19)18(2)14(17-12)16-6-5-15/h8H,3-7,15H2,1-2H3,(H,16,17). The third kappa shape index (κ3) is 2.13. The Hall–Kier alpha value is -1.40. The molecule has 0 bridgehead atoms. The highest BCUT2D eigenvalue weighted by atomic mass is 32.1. The Morgan fingerprint density at radius 1 is 1.55 bits per heavy atom. The van der Waals surface area contributed by atoms with Gasteiger partial charge in [0.05, 0.1) is 5.39 Å². The minimum Gasteiger partial charge on any atom is -0.354 e. The van der Waals surface area contributed by atoms with Gasteiger partial charge in [0, 0.05) is 25.0 Å². The molecule has 0 amide bonds. The Morgan fingerprint density at radius 3 is 3.10 bits per heavy atom. The Bertz CT molecular complexity index is 703. The van der Waals surface area contributed by atoms with Gasteiger partial charge in [0.2, 0.25) is 5.95 Å². The third-order valence-corrected chi connectivity index (χ3v) is 5.11. The second kappa shape index (κ2) is 5.18. The molecule has 108 valence electrons. The molecule has 1 aliphatic rings. The van der Waals surface area contributed by atoms with Gasteiger partial charge < -0.3 is 11.1 Å². The number of hydrogen-bond donors (Lipinski definition) is 2. The molecule has 2 aromatic heterocycles. The van der Waals surface area contributed by atoms with Crippen LogP contribution in [0.5, 0.6) is 0 Å². The molecule has 0 spiro atoms. The molecule has 20 heavy (non-hydrogen) atoms. The summed E-state index contributed by atoms with van der Waals surface area (Å²) in [7, 11) is 1.77. The van der Waals surface area contributed by atoms with Crippen LogP contribution in [0.4, 0.5) is 5.95 Å². The van der Waals surface area contributed by atoms with E-state index < -0.39 is 0 Å². The van der Waals surface area contributed by atoms with Gasteiger partial charge in [0.25, 0.3) is 5.56 Å². The van der Waals surface area contributed by atoms with Crippen LogP contribution in [-0.4, -0.2) is 22.6 Å². The highest BCUT2D eigenvalue weighted by Gasteiger charge is 2.23. The summed E-state index contributed by atoms with van der Waals surface area (Å²) in [6.07, 6.45) is 3.24. The molecule has 0 saturated heterocycles. The Morgan fingerprint density at radius 2 is 2.35 bits per heavy atom. The number of nitrogens with zero attached hydrogens (tertiary/aromatic N) is 2. The highest BCUT2D eigenvalue weighted by Crippen LogP contribution is 2.36. The number of aromatic nitrogens is 2. The number of nitrogens with two attached hydrogens (primary N) is 1. The van der Waals surface area contributed by atoms with E-state index >= 15 is 0 Å². The number of fused-ring (bicyclic) bond motifs is 3. The summed E-state index contributed by atoms with van der Waals surface area (Å²) in [4.78, 5) is 19.4. The molecular formula is C14H20N4OS. The SMILES string of the molecule is CC1CCc2c(sc3nc(NCCN)n(C)c(=O)c23)C1. The van der Waals surface area contributed by atoms with E-state index in [0.717, 1.165) is 29.5 Å². The van der Waals surface area contributed by atoms with Crippen molar-refractivity contribution >= 4 is 27.5 Å². The molecule has 5 nitrogen and oxygen atoms in total. The van der Waals surface area contributed by atoms with E-state index in [4.69, 9.17) is 5.73 Å². The molecule has 2 heterocycles. The minimum atomic E-state index is 0.0570. The van der Waals surface area contributed by atoms with Gasteiger partial charge >= 0.3 is 0 Å². The van der Waals surface area contributed by atoms with E-state index in [1.165, 1.54) is 10.4 Å². The Kier molecular flexibility index (Phi) is 3.52. The van der Waals surface area contributed by atoms with Crippen LogP contribution in [-0.2, 0) is 19.9 Å². The molecular weight excluding hydrogens is 272 g/mol. The van der Waals surface area contributed by atoms with E-state index in [0.29, 0.717) is 25.0 Å². The number of nitrogens with one attached hydrogen (secondary N) is 1. The van der Waals surface area contributed by atoms with Crippen molar-refractivity contribution in [2.75, 3.05) is 18.4 Å². The molecule has 2 aromatic rings. The molecule has 0 saturated carbocycles. The van der Waals surface area contributed by atoms with Crippen LogP contribution < -0.4 is 16.6 Å². The van der Waals surface area contributed by atoms with Crippen LogP contribution in [0.3, 0.4) is 0 Å². The van der Waals surface area contributed by atoms with Gasteiger partial charge in [-0.05, 0) is 30.7 Å². The molecule has 0 aromatic carbocycles. The third-order valence-electron chi connectivity index (χ3n) is 3.96. The summed E-state index contributed by atoms with van der Waals surface area (Å²) < 4.78 is 1.60. The van der Waals surface area contributed by atoms with Crippen LogP contribution >= 0.6 is 11.3 Å². The summed E-state index contributed by atoms with van der Waals surface area (Å²) in [5.74, 6) is 1.31. The van der Waals surface area contributed by atoms with Crippen LogP contribution in [0.2, 0.25) is 0 Å². The lowest BCUT2D eigenvalue weighted by Crippen LogP contribution is -2.25. The molecule has 6 heteroatoms. The summed E-state index contributed by atoms with van der Waals surface area (Å²) in [5.41, 5.74) is 6.79. The van der Waals surface area contributed by atoms with Crippen molar-refractivity contribution in [1.29, 1.82) is 0 Å². The first-order valence-electron chi connectivity index (χ1n) is 7.07. The van der Waals surface area contributed by atoms with E-state index in [1.807, 2.05) is 0 Å². The summed E-state index contributed by atoms with van der Waals surface area (Å²) >= 11 is 1.68. The lowest BCUT2D eigenvalue weighted by molar-refractivity contribution is 0.509. The lowest BCUT2D eigenvalue weighted by Gasteiger charge is -2.17. The maximum atomic E-state index is 12.6. The first-order valence-corrected chi connectivity index (χ1v) is 7.88. The van der Waals surface area contributed by atoms with Crippen LogP contribution in [0.15, 0.2) is 4.79 Å². The molecule has 1 aliphatic carbocycles. The number of thiophene rings is 1. The van der Waals surface area contributed by atoms with Crippen molar-refractivity contribution in [2.24, 2.45) is 18.7 Å². The Labute approximate surface area is 121 Å². The van der Waals surface area contributed by atoms with E-state index in [-0.39, 0.29) is 5.56 Å². The van der Waals surface area contributed by atoms with Gasteiger partial charge in [0.15, 0.2) is 0 Å². The van der Waals surface area contributed by atoms with E-state index in [2.05, 4.69) is 17.2 Å². The molecule has 0 fully saturated rings. The fourth-order valence-electron chi connectivity index (χ4n) is 2.81. The monoisotopic (exact) mass is 292 g/mol. The summed E-state index contributed by atoms with van der Waals surface area (Å²) in [6.45, 7) is 3.41. The first kappa shape index (κ1) is 13.6. The fourth-order valence-corrected chi connectivity index (χ4v) is 4.19. The van der Waals surface area contributed by atoms with Crippen LogP contribution in [0.1, 0.15) is 23.8 Å². The second-order valence-electron chi connectivity index (χ2n) is 5.55. The topological polar surface area (TPSA) is 72.9 Å². The zero-order valence-corrected chi connectivity index (χ0v) is 12.7. The second-order valence-corrected chi connectivity index (χ2v) is 6.63. The molecule has 3 N–H and O–H groups in total. The van der Waals surface area contributed by atoms with Crippen molar-refractivity contribution in [3.8, 4) is 0 Å². The summed E-state index contributed by atoms with van der Waals surface area (Å²) in [5, 5.41) is 3.95. The zero-order chi connectivity index (χ0) is 14.3. The smallest absolute Gasteiger partial charge is 0.263 e. The quantitative estimate of drug-likeness (QED) is 0.899. The van der Waals surface area contributed by atoms with Crippen molar-refractivity contribution in [3.63, 3.8) is 0 Å². The Balaban J connectivity index is 2.16.